The highest BCUT2D eigenvalue weighted by atomic mass is 79.9. The lowest BCUT2D eigenvalue weighted by Crippen LogP contribution is -2.17. The van der Waals surface area contributed by atoms with Gasteiger partial charge in [0.2, 0.25) is 0 Å². The zero-order valence-electron chi connectivity index (χ0n) is 10.5. The highest BCUT2D eigenvalue weighted by molar-refractivity contribution is 9.10. The Kier molecular flexibility index (Phi) is 4.39. The first-order chi connectivity index (χ1) is 8.74. The normalized spacial score (nSPS) is 12.2. The number of halogens is 1. The summed E-state index contributed by atoms with van der Waals surface area (Å²) in [4.78, 5) is 0. The summed E-state index contributed by atoms with van der Waals surface area (Å²) in [5, 5.41) is 3.34. The van der Waals surface area contributed by atoms with Gasteiger partial charge in [-0.25, -0.2) is 0 Å². The lowest BCUT2D eigenvalue weighted by Gasteiger charge is -2.17. The van der Waals surface area contributed by atoms with E-state index in [0.29, 0.717) is 0 Å². The van der Waals surface area contributed by atoms with E-state index in [4.69, 9.17) is 4.74 Å². The second-order valence-electron chi connectivity index (χ2n) is 4.05. The lowest BCUT2D eigenvalue weighted by atomic mass is 9.99. The Balaban J connectivity index is 2.32. The van der Waals surface area contributed by atoms with E-state index in [1.807, 2.05) is 31.3 Å². The van der Waals surface area contributed by atoms with Crippen LogP contribution in [0.15, 0.2) is 53.0 Å². The Morgan fingerprint density at radius 3 is 2.33 bits per heavy atom. The van der Waals surface area contributed by atoms with E-state index in [1.54, 1.807) is 7.11 Å². The van der Waals surface area contributed by atoms with Gasteiger partial charge in [-0.05, 0) is 42.4 Å². The number of rotatable bonds is 4. The van der Waals surface area contributed by atoms with Gasteiger partial charge in [-0.2, -0.15) is 0 Å². The SMILES string of the molecule is CNC(c1ccc(OC)cc1)c1cccc(Br)c1. The first kappa shape index (κ1) is 13.1. The molecule has 0 amide bonds. The van der Waals surface area contributed by atoms with Crippen molar-refractivity contribution in [3.63, 3.8) is 0 Å². The van der Waals surface area contributed by atoms with Crippen LogP contribution >= 0.6 is 15.9 Å². The van der Waals surface area contributed by atoms with Gasteiger partial charge in [0.15, 0.2) is 0 Å². The van der Waals surface area contributed by atoms with Crippen LogP contribution in [0.25, 0.3) is 0 Å². The number of hydrogen-bond donors (Lipinski definition) is 1. The second kappa shape index (κ2) is 6.03. The number of benzene rings is 2. The first-order valence-electron chi connectivity index (χ1n) is 5.81. The number of hydrogen-bond acceptors (Lipinski definition) is 2. The van der Waals surface area contributed by atoms with Crippen molar-refractivity contribution in [3.05, 3.63) is 64.1 Å². The van der Waals surface area contributed by atoms with Crippen molar-refractivity contribution in [1.29, 1.82) is 0 Å². The van der Waals surface area contributed by atoms with Gasteiger partial charge in [0, 0.05) is 4.47 Å². The molecule has 2 aromatic carbocycles. The molecule has 0 bridgehead atoms. The Morgan fingerprint density at radius 2 is 1.78 bits per heavy atom. The molecule has 3 heteroatoms. The van der Waals surface area contributed by atoms with Gasteiger partial charge >= 0.3 is 0 Å². The van der Waals surface area contributed by atoms with Gasteiger partial charge in [0.05, 0.1) is 13.2 Å². The molecular formula is C15H16BrNO. The van der Waals surface area contributed by atoms with Crippen LogP contribution in [-0.4, -0.2) is 14.2 Å². The van der Waals surface area contributed by atoms with E-state index in [9.17, 15) is 0 Å². The minimum atomic E-state index is 0.188. The number of methoxy groups -OCH3 is 1. The standard InChI is InChI=1S/C15H16BrNO/c1-17-15(12-4-3-5-13(16)10-12)11-6-8-14(18-2)9-7-11/h3-10,15,17H,1-2H3. The Labute approximate surface area is 116 Å². The van der Waals surface area contributed by atoms with Gasteiger partial charge in [0.1, 0.15) is 5.75 Å². The van der Waals surface area contributed by atoms with Crippen LogP contribution in [0.1, 0.15) is 17.2 Å². The largest absolute Gasteiger partial charge is 0.497 e. The summed E-state index contributed by atoms with van der Waals surface area (Å²) in [5.74, 6) is 0.878. The molecular weight excluding hydrogens is 290 g/mol. The van der Waals surface area contributed by atoms with Gasteiger partial charge in [-0.1, -0.05) is 40.2 Å². The zero-order valence-corrected chi connectivity index (χ0v) is 12.1. The third-order valence-electron chi connectivity index (χ3n) is 2.92. The third kappa shape index (κ3) is 2.92. The van der Waals surface area contributed by atoms with Gasteiger partial charge in [-0.3, -0.25) is 0 Å². The minimum Gasteiger partial charge on any atom is -0.497 e. The van der Waals surface area contributed by atoms with E-state index in [-0.39, 0.29) is 6.04 Å². The molecule has 2 rings (SSSR count). The molecule has 94 valence electrons. The summed E-state index contributed by atoms with van der Waals surface area (Å²) in [6, 6.07) is 16.7. The average Bonchev–Trinajstić information content (AvgIpc) is 2.40. The first-order valence-corrected chi connectivity index (χ1v) is 6.60. The lowest BCUT2D eigenvalue weighted by molar-refractivity contribution is 0.414. The van der Waals surface area contributed by atoms with Crippen molar-refractivity contribution in [3.8, 4) is 5.75 Å². The molecule has 0 aromatic heterocycles. The minimum absolute atomic E-state index is 0.188. The fraction of sp³-hybridized carbons (Fsp3) is 0.200. The van der Waals surface area contributed by atoms with Crippen molar-refractivity contribution in [2.75, 3.05) is 14.2 Å². The molecule has 0 saturated carbocycles. The summed E-state index contributed by atoms with van der Waals surface area (Å²) >= 11 is 3.51. The smallest absolute Gasteiger partial charge is 0.118 e. The Hall–Kier alpha value is -1.32. The molecule has 0 aliphatic heterocycles. The van der Waals surface area contributed by atoms with E-state index in [0.717, 1.165) is 10.2 Å². The maximum atomic E-state index is 5.18. The molecule has 0 spiro atoms. The quantitative estimate of drug-likeness (QED) is 0.928. The Bertz CT molecular complexity index is 510. The maximum Gasteiger partial charge on any atom is 0.118 e. The van der Waals surface area contributed by atoms with Crippen LogP contribution in [0.3, 0.4) is 0 Å². The summed E-state index contributed by atoms with van der Waals surface area (Å²) in [6.45, 7) is 0. The number of ether oxygens (including phenoxy) is 1. The summed E-state index contributed by atoms with van der Waals surface area (Å²) in [6.07, 6.45) is 0. The Morgan fingerprint density at radius 1 is 1.06 bits per heavy atom. The van der Waals surface area contributed by atoms with Crippen LogP contribution in [0.2, 0.25) is 0 Å². The monoisotopic (exact) mass is 305 g/mol. The second-order valence-corrected chi connectivity index (χ2v) is 4.97. The fourth-order valence-corrected chi connectivity index (χ4v) is 2.43. The summed E-state index contributed by atoms with van der Waals surface area (Å²) < 4.78 is 6.27. The van der Waals surface area contributed by atoms with E-state index < -0.39 is 0 Å². The van der Waals surface area contributed by atoms with Crippen molar-refractivity contribution in [1.82, 2.24) is 5.32 Å². The van der Waals surface area contributed by atoms with Gasteiger partial charge in [-0.15, -0.1) is 0 Å². The molecule has 1 atom stereocenters. The topological polar surface area (TPSA) is 21.3 Å². The van der Waals surface area contributed by atoms with Crippen molar-refractivity contribution in [2.24, 2.45) is 0 Å². The fourth-order valence-electron chi connectivity index (χ4n) is 2.01. The highest BCUT2D eigenvalue weighted by Gasteiger charge is 2.11. The van der Waals surface area contributed by atoms with Crippen LogP contribution in [0.4, 0.5) is 0 Å². The zero-order chi connectivity index (χ0) is 13.0. The molecule has 0 aliphatic rings. The predicted octanol–water partition coefficient (Wildman–Crippen LogP) is 3.77. The van der Waals surface area contributed by atoms with Crippen molar-refractivity contribution < 1.29 is 4.74 Å². The van der Waals surface area contributed by atoms with E-state index >= 15 is 0 Å². The summed E-state index contributed by atoms with van der Waals surface area (Å²) in [5.41, 5.74) is 2.45. The van der Waals surface area contributed by atoms with Crippen molar-refractivity contribution >= 4 is 15.9 Å². The molecule has 1 unspecified atom stereocenters. The maximum absolute atomic E-state index is 5.18. The van der Waals surface area contributed by atoms with Crippen LogP contribution < -0.4 is 10.1 Å². The molecule has 0 heterocycles. The molecule has 1 N–H and O–H groups in total. The highest BCUT2D eigenvalue weighted by Crippen LogP contribution is 2.25. The molecule has 2 aromatic rings. The molecule has 0 saturated heterocycles. The molecule has 2 nitrogen and oxygen atoms in total. The van der Waals surface area contributed by atoms with Crippen molar-refractivity contribution in [2.45, 2.75) is 6.04 Å². The third-order valence-corrected chi connectivity index (χ3v) is 3.41. The van der Waals surface area contributed by atoms with E-state index in [1.165, 1.54) is 11.1 Å². The van der Waals surface area contributed by atoms with E-state index in [2.05, 4.69) is 45.5 Å². The summed E-state index contributed by atoms with van der Waals surface area (Å²) in [7, 11) is 3.65. The predicted molar refractivity (Wildman–Crippen MR) is 78.0 cm³/mol. The molecule has 0 fully saturated rings. The van der Waals surface area contributed by atoms with Gasteiger partial charge < -0.3 is 10.1 Å². The molecule has 18 heavy (non-hydrogen) atoms. The van der Waals surface area contributed by atoms with Gasteiger partial charge in [0.25, 0.3) is 0 Å². The average molecular weight is 306 g/mol. The molecule has 0 radical (unpaired) electrons. The molecule has 0 aliphatic carbocycles. The van der Waals surface area contributed by atoms with Crippen LogP contribution in [0.5, 0.6) is 5.75 Å². The van der Waals surface area contributed by atoms with Crippen LogP contribution in [-0.2, 0) is 0 Å². The number of nitrogens with one attached hydrogen (secondary N) is 1. The van der Waals surface area contributed by atoms with Crippen LogP contribution in [0, 0.1) is 0 Å².